The van der Waals surface area contributed by atoms with Crippen molar-refractivity contribution in [2.75, 3.05) is 22.9 Å². The van der Waals surface area contributed by atoms with Gasteiger partial charge in [-0.1, -0.05) is 78.4 Å². The predicted octanol–water partition coefficient (Wildman–Crippen LogP) is 5.38. The van der Waals surface area contributed by atoms with Crippen LogP contribution in [0.4, 0.5) is 11.4 Å². The van der Waals surface area contributed by atoms with E-state index in [0.29, 0.717) is 23.5 Å². The zero-order valence-corrected chi connectivity index (χ0v) is 20.2. The Balaban J connectivity index is 0.000000243. The van der Waals surface area contributed by atoms with Gasteiger partial charge in [-0.2, -0.15) is 0 Å². The fraction of sp³-hybridized carbons (Fsp3) is 0.148. The van der Waals surface area contributed by atoms with Crippen LogP contribution < -0.4 is 14.4 Å². The molecule has 6 nitrogen and oxygen atoms in total. The molecular weight excluding hydrogens is 448 g/mol. The summed E-state index contributed by atoms with van der Waals surface area (Å²) in [6, 6.07) is 29.2. The number of nitrogens with zero attached hydrogens (tertiary/aromatic N) is 1. The second-order valence-electron chi connectivity index (χ2n) is 7.80. The topological polar surface area (TPSA) is 75.7 Å². The Kier molecular flexibility index (Phi) is 8.27. The summed E-state index contributed by atoms with van der Waals surface area (Å²) in [4.78, 5) is 10.6. The van der Waals surface area contributed by atoms with Gasteiger partial charge < -0.3 is 10.1 Å². The summed E-state index contributed by atoms with van der Waals surface area (Å²) in [7, 11) is -1.97. The number of carbonyl (C=O) groups excluding carboxylic acids is 1. The molecule has 0 aliphatic heterocycles. The number of fused-ring (bicyclic) bond motifs is 1. The van der Waals surface area contributed by atoms with Crippen LogP contribution in [-0.2, 0) is 21.4 Å². The van der Waals surface area contributed by atoms with E-state index in [-0.39, 0.29) is 6.61 Å². The van der Waals surface area contributed by atoms with E-state index in [1.54, 1.807) is 18.2 Å². The molecule has 0 aliphatic carbocycles. The molecule has 0 bridgehead atoms. The molecule has 1 N–H and O–H groups in total. The zero-order chi connectivity index (χ0) is 24.6. The van der Waals surface area contributed by atoms with E-state index in [4.69, 9.17) is 4.74 Å². The Morgan fingerprint density at radius 3 is 2.24 bits per heavy atom. The number of carbonyl (C=O) groups is 1. The van der Waals surface area contributed by atoms with Crippen molar-refractivity contribution >= 4 is 38.6 Å². The predicted molar refractivity (Wildman–Crippen MR) is 139 cm³/mol. The molecule has 0 unspecified atom stereocenters. The highest BCUT2D eigenvalue weighted by Gasteiger charge is 2.17. The van der Waals surface area contributed by atoms with Crippen LogP contribution in [0.25, 0.3) is 10.8 Å². The third kappa shape index (κ3) is 6.83. The summed E-state index contributed by atoms with van der Waals surface area (Å²) in [6.07, 6.45) is 1.67. The van der Waals surface area contributed by atoms with E-state index in [1.165, 1.54) is 23.4 Å². The van der Waals surface area contributed by atoms with Crippen LogP contribution in [0.3, 0.4) is 0 Å². The van der Waals surface area contributed by atoms with Gasteiger partial charge >= 0.3 is 0 Å². The Morgan fingerprint density at radius 2 is 1.56 bits per heavy atom. The largest absolute Gasteiger partial charge is 0.487 e. The maximum atomic E-state index is 11.8. The summed E-state index contributed by atoms with van der Waals surface area (Å²) in [5, 5.41) is 5.17. The SMILES string of the molecule is CN(c1ccc(NC=O)cc1OCc1ccccc1)S(C)(=O)=O.Cc1ccc2ccccc2c1. The van der Waals surface area contributed by atoms with Gasteiger partial charge in [0.25, 0.3) is 0 Å². The van der Waals surface area contributed by atoms with Crippen LogP contribution in [0.15, 0.2) is 91.0 Å². The third-order valence-corrected chi connectivity index (χ3v) is 6.36. The Labute approximate surface area is 200 Å². The minimum Gasteiger partial charge on any atom is -0.487 e. The van der Waals surface area contributed by atoms with Gasteiger partial charge in [0, 0.05) is 18.8 Å². The first-order valence-corrected chi connectivity index (χ1v) is 12.5. The standard InChI is InChI=1S/C16H18N2O4S.C11H10/c1-18(23(2,20)21)15-9-8-14(17-12-19)10-16(15)22-11-13-6-4-3-5-7-13;1-9-6-7-10-4-2-3-5-11(10)8-9/h3-10,12H,11H2,1-2H3,(H,17,19);2-8H,1H3. The number of ether oxygens (including phenoxy) is 1. The Morgan fingerprint density at radius 1 is 0.882 bits per heavy atom. The zero-order valence-electron chi connectivity index (χ0n) is 19.4. The summed E-state index contributed by atoms with van der Waals surface area (Å²) in [6.45, 7) is 2.41. The van der Waals surface area contributed by atoms with Gasteiger partial charge in [-0.05, 0) is 35.4 Å². The highest BCUT2D eigenvalue weighted by molar-refractivity contribution is 7.92. The summed E-state index contributed by atoms with van der Waals surface area (Å²) >= 11 is 0. The van der Waals surface area contributed by atoms with Gasteiger partial charge in [0.05, 0.1) is 11.9 Å². The number of aryl methyl sites for hydroxylation is 1. The average Bonchev–Trinajstić information content (AvgIpc) is 2.83. The van der Waals surface area contributed by atoms with Crippen molar-refractivity contribution in [2.45, 2.75) is 13.5 Å². The summed E-state index contributed by atoms with van der Waals surface area (Å²) in [5.74, 6) is 0.369. The molecule has 0 atom stereocenters. The van der Waals surface area contributed by atoms with Crippen molar-refractivity contribution in [3.8, 4) is 5.75 Å². The highest BCUT2D eigenvalue weighted by atomic mass is 32.2. The second-order valence-corrected chi connectivity index (χ2v) is 9.81. The lowest BCUT2D eigenvalue weighted by atomic mass is 10.1. The van der Waals surface area contributed by atoms with Crippen LogP contribution >= 0.6 is 0 Å². The van der Waals surface area contributed by atoms with Gasteiger partial charge in [-0.15, -0.1) is 0 Å². The van der Waals surface area contributed by atoms with E-state index in [9.17, 15) is 13.2 Å². The molecular formula is C27H28N2O4S. The molecule has 34 heavy (non-hydrogen) atoms. The molecule has 1 amide bonds. The maximum absolute atomic E-state index is 11.8. The minimum atomic E-state index is -3.42. The lowest BCUT2D eigenvalue weighted by Gasteiger charge is -2.21. The first-order valence-electron chi connectivity index (χ1n) is 10.7. The number of anilines is 2. The Bertz CT molecular complexity index is 1360. The maximum Gasteiger partial charge on any atom is 0.232 e. The number of sulfonamides is 1. The monoisotopic (exact) mass is 476 g/mol. The van der Waals surface area contributed by atoms with Crippen molar-refractivity contribution in [3.05, 3.63) is 102 Å². The molecule has 4 rings (SSSR count). The molecule has 0 fully saturated rings. The normalized spacial score (nSPS) is 10.7. The lowest BCUT2D eigenvalue weighted by Crippen LogP contribution is -2.25. The smallest absolute Gasteiger partial charge is 0.232 e. The van der Waals surface area contributed by atoms with E-state index < -0.39 is 10.0 Å². The molecule has 0 aliphatic rings. The molecule has 0 saturated carbocycles. The highest BCUT2D eigenvalue weighted by Crippen LogP contribution is 2.32. The van der Waals surface area contributed by atoms with Crippen LogP contribution in [0, 0.1) is 6.92 Å². The first kappa shape index (κ1) is 24.8. The van der Waals surface area contributed by atoms with Gasteiger partial charge in [-0.3, -0.25) is 9.10 Å². The van der Waals surface area contributed by atoms with E-state index in [1.807, 2.05) is 30.3 Å². The number of rotatable bonds is 7. The van der Waals surface area contributed by atoms with Gasteiger partial charge in [0.1, 0.15) is 12.4 Å². The quantitative estimate of drug-likeness (QED) is 0.364. The van der Waals surface area contributed by atoms with Crippen molar-refractivity contribution in [2.24, 2.45) is 0 Å². The van der Waals surface area contributed by atoms with Gasteiger partial charge in [-0.25, -0.2) is 8.42 Å². The first-order chi connectivity index (χ1) is 16.3. The van der Waals surface area contributed by atoms with Crippen LogP contribution in [0.2, 0.25) is 0 Å². The van der Waals surface area contributed by atoms with Crippen LogP contribution in [0.5, 0.6) is 5.75 Å². The molecule has 0 spiro atoms. The van der Waals surface area contributed by atoms with Crippen molar-refractivity contribution in [1.82, 2.24) is 0 Å². The second kappa shape index (κ2) is 11.3. The van der Waals surface area contributed by atoms with Crippen molar-refractivity contribution < 1.29 is 17.9 Å². The van der Waals surface area contributed by atoms with Gasteiger partial charge in [0.2, 0.25) is 16.4 Å². The molecule has 176 valence electrons. The molecule has 0 aromatic heterocycles. The Hall–Kier alpha value is -3.84. The number of hydrogen-bond acceptors (Lipinski definition) is 4. The van der Waals surface area contributed by atoms with Crippen molar-refractivity contribution in [3.63, 3.8) is 0 Å². The summed E-state index contributed by atoms with van der Waals surface area (Å²) in [5.41, 5.74) is 3.20. The van der Waals surface area contributed by atoms with E-state index in [0.717, 1.165) is 16.1 Å². The number of nitrogens with one attached hydrogen (secondary N) is 1. The molecule has 4 aromatic rings. The molecule has 0 heterocycles. The van der Waals surface area contributed by atoms with E-state index in [2.05, 4.69) is 54.7 Å². The van der Waals surface area contributed by atoms with Crippen LogP contribution in [0.1, 0.15) is 11.1 Å². The fourth-order valence-corrected chi connectivity index (χ4v) is 3.78. The molecule has 0 radical (unpaired) electrons. The fourth-order valence-electron chi connectivity index (χ4n) is 3.27. The van der Waals surface area contributed by atoms with Gasteiger partial charge in [0.15, 0.2) is 0 Å². The molecule has 4 aromatic carbocycles. The molecule has 0 saturated heterocycles. The lowest BCUT2D eigenvalue weighted by molar-refractivity contribution is -0.105. The van der Waals surface area contributed by atoms with Crippen molar-refractivity contribution in [1.29, 1.82) is 0 Å². The third-order valence-electron chi connectivity index (χ3n) is 5.16. The molecule has 7 heteroatoms. The number of benzene rings is 4. The average molecular weight is 477 g/mol. The van der Waals surface area contributed by atoms with Crippen LogP contribution in [-0.4, -0.2) is 28.1 Å². The number of hydrogen-bond donors (Lipinski definition) is 1. The minimum absolute atomic E-state index is 0.288. The summed E-state index contributed by atoms with van der Waals surface area (Å²) < 4.78 is 30.4. The van der Waals surface area contributed by atoms with E-state index >= 15 is 0 Å². The number of amides is 1.